The molecule has 14 heavy (non-hydrogen) atoms. The van der Waals surface area contributed by atoms with Crippen molar-refractivity contribution in [1.82, 2.24) is 0 Å². The summed E-state index contributed by atoms with van der Waals surface area (Å²) in [7, 11) is 1.09. The van der Waals surface area contributed by atoms with Crippen LogP contribution in [0.5, 0.6) is 0 Å². The van der Waals surface area contributed by atoms with Crippen LogP contribution in [0, 0.1) is 4.91 Å². The zero-order valence-corrected chi connectivity index (χ0v) is 7.30. The highest BCUT2D eigenvalue weighted by molar-refractivity contribution is 5.59. The van der Waals surface area contributed by atoms with Gasteiger partial charge >= 0.3 is 6.18 Å². The van der Waals surface area contributed by atoms with E-state index < -0.39 is 11.7 Å². The van der Waals surface area contributed by atoms with E-state index in [9.17, 15) is 18.1 Å². The maximum atomic E-state index is 12.2. The molecule has 0 saturated carbocycles. The van der Waals surface area contributed by atoms with E-state index in [4.69, 9.17) is 5.73 Å². The predicted molar refractivity (Wildman–Crippen MR) is 45.1 cm³/mol. The van der Waals surface area contributed by atoms with Gasteiger partial charge in [-0.05, 0) is 12.1 Å². The number of anilines is 1. The van der Waals surface area contributed by atoms with Gasteiger partial charge in [-0.25, -0.2) is 0 Å². The molecule has 0 aliphatic heterocycles. The van der Waals surface area contributed by atoms with Gasteiger partial charge in [0.25, 0.3) is 5.69 Å². The first kappa shape index (κ1) is 10.5. The van der Waals surface area contributed by atoms with Crippen LogP contribution in [0.3, 0.4) is 0 Å². The van der Waals surface area contributed by atoms with Crippen molar-refractivity contribution in [3.05, 3.63) is 28.7 Å². The van der Waals surface area contributed by atoms with Crippen LogP contribution in [0.15, 0.2) is 18.2 Å². The van der Waals surface area contributed by atoms with Crippen molar-refractivity contribution in [1.29, 1.82) is 0 Å². The summed E-state index contributed by atoms with van der Waals surface area (Å²) in [5, 5.41) is 0. The highest BCUT2D eigenvalue weighted by Crippen LogP contribution is 2.33. The SMILES string of the molecule is C[N+](=O)c1cc(C(F)(F)F)ccc1N. The minimum absolute atomic E-state index is 0.0236. The van der Waals surface area contributed by atoms with Crippen LogP contribution in [0.2, 0.25) is 0 Å². The molecular weight excluding hydrogens is 197 g/mol. The molecule has 0 amide bonds. The van der Waals surface area contributed by atoms with Crippen molar-refractivity contribution in [3.8, 4) is 0 Å². The zero-order valence-electron chi connectivity index (χ0n) is 7.30. The van der Waals surface area contributed by atoms with Crippen molar-refractivity contribution in [2.24, 2.45) is 0 Å². The van der Waals surface area contributed by atoms with E-state index in [2.05, 4.69) is 0 Å². The van der Waals surface area contributed by atoms with E-state index in [1.807, 2.05) is 0 Å². The Hall–Kier alpha value is -1.59. The lowest BCUT2D eigenvalue weighted by atomic mass is 10.1. The Morgan fingerprint density at radius 2 is 1.93 bits per heavy atom. The molecule has 6 heteroatoms. The topological polar surface area (TPSA) is 46.1 Å². The molecule has 0 aromatic heterocycles. The highest BCUT2D eigenvalue weighted by atomic mass is 19.4. The monoisotopic (exact) mass is 205 g/mol. The van der Waals surface area contributed by atoms with Gasteiger partial charge in [-0.15, -0.1) is 0 Å². The molecule has 0 saturated heterocycles. The summed E-state index contributed by atoms with van der Waals surface area (Å²) in [5.74, 6) is 0. The van der Waals surface area contributed by atoms with Crippen LogP contribution < -0.4 is 5.73 Å². The van der Waals surface area contributed by atoms with E-state index in [1.54, 1.807) is 0 Å². The van der Waals surface area contributed by atoms with Gasteiger partial charge in [0.2, 0.25) is 0 Å². The molecule has 0 fully saturated rings. The lowest BCUT2D eigenvalue weighted by Crippen LogP contribution is -2.07. The molecule has 1 aromatic rings. The quantitative estimate of drug-likeness (QED) is 0.565. The van der Waals surface area contributed by atoms with Crippen molar-refractivity contribution in [2.75, 3.05) is 12.8 Å². The molecular formula is C8H8F3N2O+. The third kappa shape index (κ3) is 2.01. The van der Waals surface area contributed by atoms with Crippen molar-refractivity contribution in [2.45, 2.75) is 6.18 Å². The third-order valence-corrected chi connectivity index (χ3v) is 1.70. The second-order valence-corrected chi connectivity index (χ2v) is 2.77. The number of nitrogen functional groups attached to an aromatic ring is 1. The lowest BCUT2D eigenvalue weighted by Gasteiger charge is -2.06. The van der Waals surface area contributed by atoms with E-state index in [0.717, 1.165) is 25.2 Å². The number of hydrogen-bond acceptors (Lipinski definition) is 2. The molecule has 0 heterocycles. The largest absolute Gasteiger partial charge is 0.416 e. The Labute approximate surface area is 77.9 Å². The third-order valence-electron chi connectivity index (χ3n) is 1.70. The van der Waals surface area contributed by atoms with Gasteiger partial charge in [0.15, 0.2) is 7.05 Å². The van der Waals surface area contributed by atoms with Crippen LogP contribution in [-0.4, -0.2) is 11.8 Å². The number of nitrogens with zero attached hydrogens (tertiary/aromatic N) is 1. The number of alkyl halides is 3. The summed E-state index contributed by atoms with van der Waals surface area (Å²) < 4.78 is 36.9. The van der Waals surface area contributed by atoms with E-state index in [-0.39, 0.29) is 11.4 Å². The van der Waals surface area contributed by atoms with Crippen LogP contribution in [0.1, 0.15) is 5.56 Å². The minimum atomic E-state index is -4.46. The molecule has 2 N–H and O–H groups in total. The van der Waals surface area contributed by atoms with Gasteiger partial charge in [-0.1, -0.05) is 0 Å². The molecule has 3 nitrogen and oxygen atoms in total. The second-order valence-electron chi connectivity index (χ2n) is 2.77. The van der Waals surface area contributed by atoms with Gasteiger partial charge < -0.3 is 5.73 Å². The van der Waals surface area contributed by atoms with Crippen molar-refractivity contribution >= 4 is 11.4 Å². The van der Waals surface area contributed by atoms with Crippen molar-refractivity contribution < 1.29 is 17.9 Å². The molecule has 0 aliphatic rings. The fourth-order valence-electron chi connectivity index (χ4n) is 0.993. The molecule has 0 bridgehead atoms. The first-order valence-corrected chi connectivity index (χ1v) is 3.70. The fourth-order valence-corrected chi connectivity index (χ4v) is 0.993. The molecule has 0 spiro atoms. The summed E-state index contributed by atoms with van der Waals surface area (Å²) >= 11 is 0. The number of nitrogens with two attached hydrogens (primary N) is 1. The van der Waals surface area contributed by atoms with Crippen LogP contribution in [-0.2, 0) is 6.18 Å². The van der Waals surface area contributed by atoms with Gasteiger partial charge in [0.1, 0.15) is 5.69 Å². The summed E-state index contributed by atoms with van der Waals surface area (Å²) in [5.41, 5.74) is 4.28. The van der Waals surface area contributed by atoms with Gasteiger partial charge in [0, 0.05) is 15.7 Å². The smallest absolute Gasteiger partial charge is 0.393 e. The van der Waals surface area contributed by atoms with Gasteiger partial charge in [0.05, 0.1) is 5.56 Å². The summed E-state index contributed by atoms with van der Waals surface area (Å²) in [6.07, 6.45) is -4.46. The average Bonchev–Trinajstić information content (AvgIpc) is 2.02. The molecule has 1 rings (SSSR count). The Kier molecular flexibility index (Phi) is 2.46. The van der Waals surface area contributed by atoms with Crippen LogP contribution in [0.4, 0.5) is 24.5 Å². The normalized spacial score (nSPS) is 11.4. The second kappa shape index (κ2) is 3.28. The number of benzene rings is 1. The van der Waals surface area contributed by atoms with Crippen LogP contribution >= 0.6 is 0 Å². The molecule has 76 valence electrons. The Morgan fingerprint density at radius 3 is 2.36 bits per heavy atom. The number of nitroso groups, excluding NO2 is 1. The fraction of sp³-hybridized carbons (Fsp3) is 0.250. The Bertz CT molecular complexity index is 373. The van der Waals surface area contributed by atoms with Gasteiger partial charge in [-0.2, -0.15) is 13.2 Å². The van der Waals surface area contributed by atoms with Gasteiger partial charge in [-0.3, -0.25) is 0 Å². The van der Waals surface area contributed by atoms with E-state index in [1.165, 1.54) is 0 Å². The summed E-state index contributed by atoms with van der Waals surface area (Å²) in [6, 6.07) is 2.62. The van der Waals surface area contributed by atoms with E-state index in [0.29, 0.717) is 4.76 Å². The number of halogens is 3. The van der Waals surface area contributed by atoms with Crippen LogP contribution in [0.25, 0.3) is 0 Å². The molecule has 0 atom stereocenters. The first-order chi connectivity index (χ1) is 6.32. The molecule has 0 aliphatic carbocycles. The first-order valence-electron chi connectivity index (χ1n) is 3.70. The van der Waals surface area contributed by atoms with Crippen molar-refractivity contribution in [3.63, 3.8) is 0 Å². The Morgan fingerprint density at radius 1 is 1.36 bits per heavy atom. The number of rotatable bonds is 1. The predicted octanol–water partition coefficient (Wildman–Crippen LogP) is 2.33. The standard InChI is InChI=1S/C8H8F3N2O/c1-13(14)7-4-5(8(9,10)11)2-3-6(7)12/h2-4H,12H2,1H3/q+1. The minimum Gasteiger partial charge on any atom is -0.393 e. The highest BCUT2D eigenvalue weighted by Gasteiger charge is 2.32. The molecule has 1 aromatic carbocycles. The lowest BCUT2D eigenvalue weighted by molar-refractivity contribution is -0.427. The molecule has 0 unspecified atom stereocenters. The maximum Gasteiger partial charge on any atom is 0.416 e. The number of hydrogen-bond donors (Lipinski definition) is 1. The summed E-state index contributed by atoms with van der Waals surface area (Å²) in [4.78, 5) is 10.8. The maximum absolute atomic E-state index is 12.2. The average molecular weight is 205 g/mol. The zero-order chi connectivity index (χ0) is 10.9. The molecule has 0 radical (unpaired) electrons. The summed E-state index contributed by atoms with van der Waals surface area (Å²) in [6.45, 7) is 0. The van der Waals surface area contributed by atoms with E-state index >= 15 is 0 Å². The Balaban J connectivity index is 3.27.